The molecule has 0 bridgehead atoms. The molecule has 0 aliphatic carbocycles. The largest absolute Gasteiger partial charge is 0.457 e. The third-order valence-electron chi connectivity index (χ3n) is 7.01. The Morgan fingerprint density at radius 1 is 0.564 bits per heavy atom. The van der Waals surface area contributed by atoms with Crippen LogP contribution in [0.3, 0.4) is 0 Å². The van der Waals surface area contributed by atoms with Gasteiger partial charge in [0.2, 0.25) is 0 Å². The third kappa shape index (κ3) is 5.39. The van der Waals surface area contributed by atoms with Crippen LogP contribution in [0.1, 0.15) is 22.5 Å². The van der Waals surface area contributed by atoms with E-state index in [9.17, 15) is 0 Å². The van der Waals surface area contributed by atoms with Gasteiger partial charge < -0.3 is 4.74 Å². The number of ether oxygens (including phenoxy) is 1. The second-order valence-electron chi connectivity index (χ2n) is 9.81. The predicted molar refractivity (Wildman–Crippen MR) is 160 cm³/mol. The van der Waals surface area contributed by atoms with E-state index in [0.717, 1.165) is 35.0 Å². The molecule has 1 heterocycles. The van der Waals surface area contributed by atoms with Gasteiger partial charge in [-0.1, -0.05) is 97.1 Å². The van der Waals surface area contributed by atoms with E-state index in [-0.39, 0.29) is 0 Å². The second-order valence-corrected chi connectivity index (χ2v) is 9.81. The van der Waals surface area contributed by atoms with Crippen LogP contribution in [0.4, 0.5) is 0 Å². The molecule has 0 atom stereocenters. The van der Waals surface area contributed by atoms with Crippen molar-refractivity contribution in [3.8, 4) is 39.4 Å². The van der Waals surface area contributed by atoms with Crippen LogP contribution in [0.5, 0.6) is 11.5 Å². The number of para-hydroxylation sites is 1. The summed E-state index contributed by atoms with van der Waals surface area (Å²) in [6.45, 7) is 4.24. The van der Waals surface area contributed by atoms with Crippen molar-refractivity contribution < 1.29 is 4.74 Å². The Hall–Kier alpha value is -4.89. The molecule has 3 nitrogen and oxygen atoms in total. The highest BCUT2D eigenvalue weighted by atomic mass is 16.5. The van der Waals surface area contributed by atoms with E-state index in [0.29, 0.717) is 0 Å². The molecule has 3 heteroatoms. The number of benzene rings is 5. The number of aryl methyl sites for hydroxylation is 1. The fourth-order valence-electron chi connectivity index (χ4n) is 5.15. The molecule has 0 fully saturated rings. The molecule has 39 heavy (non-hydrogen) atoms. The Kier molecular flexibility index (Phi) is 6.80. The molecule has 0 saturated carbocycles. The summed E-state index contributed by atoms with van der Waals surface area (Å²) in [4.78, 5) is 0. The molecule has 0 unspecified atom stereocenters. The Bertz CT molecular complexity index is 1700. The summed E-state index contributed by atoms with van der Waals surface area (Å²) in [7, 11) is 0. The van der Waals surface area contributed by atoms with Gasteiger partial charge in [0.05, 0.1) is 11.4 Å². The van der Waals surface area contributed by atoms with Crippen molar-refractivity contribution >= 4 is 0 Å². The first-order valence-corrected chi connectivity index (χ1v) is 13.3. The van der Waals surface area contributed by atoms with Gasteiger partial charge in [-0.15, -0.1) is 0 Å². The summed E-state index contributed by atoms with van der Waals surface area (Å²) in [5.41, 5.74) is 10.5. The lowest BCUT2D eigenvalue weighted by Gasteiger charge is -2.10. The molecule has 1 aromatic heterocycles. The van der Waals surface area contributed by atoms with E-state index in [1.54, 1.807) is 0 Å². The Morgan fingerprint density at radius 3 is 1.90 bits per heavy atom. The minimum Gasteiger partial charge on any atom is -0.457 e. The Labute approximate surface area is 230 Å². The molecule has 190 valence electrons. The minimum absolute atomic E-state index is 0.812. The maximum Gasteiger partial charge on any atom is 0.127 e. The molecule has 5 aromatic carbocycles. The molecule has 0 radical (unpaired) electrons. The summed E-state index contributed by atoms with van der Waals surface area (Å²) >= 11 is 0. The molecular weight excluding hydrogens is 476 g/mol. The van der Waals surface area contributed by atoms with Crippen molar-refractivity contribution in [1.29, 1.82) is 0 Å². The van der Waals surface area contributed by atoms with Crippen molar-refractivity contribution in [3.63, 3.8) is 0 Å². The summed E-state index contributed by atoms with van der Waals surface area (Å²) in [5, 5.41) is 4.94. The normalized spacial score (nSPS) is 10.9. The zero-order valence-corrected chi connectivity index (χ0v) is 22.2. The molecule has 0 N–H and O–H groups in total. The van der Waals surface area contributed by atoms with E-state index >= 15 is 0 Å². The molecule has 0 spiro atoms. The molecule has 0 amide bonds. The van der Waals surface area contributed by atoms with Gasteiger partial charge in [-0.25, -0.2) is 4.68 Å². The van der Waals surface area contributed by atoms with E-state index in [2.05, 4.69) is 103 Å². The molecule has 6 rings (SSSR count). The lowest BCUT2D eigenvalue weighted by atomic mass is 9.99. The summed E-state index contributed by atoms with van der Waals surface area (Å²) in [6.07, 6.45) is 0.812. The van der Waals surface area contributed by atoms with Crippen molar-refractivity contribution in [2.75, 3.05) is 0 Å². The fraction of sp³-hybridized carbons (Fsp3) is 0.0833. The molecule has 0 saturated heterocycles. The second kappa shape index (κ2) is 10.8. The lowest BCUT2D eigenvalue weighted by molar-refractivity contribution is 0.482. The van der Waals surface area contributed by atoms with Crippen LogP contribution in [0.15, 0.2) is 133 Å². The van der Waals surface area contributed by atoms with Crippen molar-refractivity contribution in [2.45, 2.75) is 20.3 Å². The van der Waals surface area contributed by atoms with Gasteiger partial charge in [0, 0.05) is 11.3 Å². The maximum atomic E-state index is 6.04. The highest BCUT2D eigenvalue weighted by molar-refractivity contribution is 5.73. The maximum absolute atomic E-state index is 6.04. The summed E-state index contributed by atoms with van der Waals surface area (Å²) in [6, 6.07) is 46.1. The predicted octanol–water partition coefficient (Wildman–Crippen LogP) is 9.21. The highest BCUT2D eigenvalue weighted by Crippen LogP contribution is 2.31. The van der Waals surface area contributed by atoms with Crippen LogP contribution in [-0.2, 0) is 6.42 Å². The third-order valence-corrected chi connectivity index (χ3v) is 7.01. The van der Waals surface area contributed by atoms with Gasteiger partial charge in [-0.2, -0.15) is 5.10 Å². The first-order chi connectivity index (χ1) is 19.1. The number of hydrogen-bond acceptors (Lipinski definition) is 2. The van der Waals surface area contributed by atoms with Crippen LogP contribution >= 0.6 is 0 Å². The topological polar surface area (TPSA) is 27.1 Å². The lowest BCUT2D eigenvalue weighted by Crippen LogP contribution is -2.00. The standard InChI is InChI=1S/C36H30N2O/c1-26-36(32-21-19-31(20-22-32)30-13-5-3-6-14-30)27(2)38(37-26)33-15-9-11-28(24-33)23-29-12-10-18-35(25-29)39-34-16-7-4-8-17-34/h3-22,24-25H,23H2,1-2H3. The van der Waals surface area contributed by atoms with Crippen LogP contribution in [0, 0.1) is 13.8 Å². The number of nitrogens with zero attached hydrogens (tertiary/aromatic N) is 2. The number of rotatable bonds is 7. The fourth-order valence-corrected chi connectivity index (χ4v) is 5.15. The van der Waals surface area contributed by atoms with Gasteiger partial charge in [0.1, 0.15) is 11.5 Å². The van der Waals surface area contributed by atoms with E-state index in [1.807, 2.05) is 48.5 Å². The van der Waals surface area contributed by atoms with Gasteiger partial charge in [0.25, 0.3) is 0 Å². The van der Waals surface area contributed by atoms with Gasteiger partial charge in [0.15, 0.2) is 0 Å². The Balaban J connectivity index is 1.24. The average molecular weight is 507 g/mol. The number of hydrogen-bond donors (Lipinski definition) is 0. The quantitative estimate of drug-likeness (QED) is 0.216. The van der Waals surface area contributed by atoms with Crippen LogP contribution < -0.4 is 4.74 Å². The summed E-state index contributed by atoms with van der Waals surface area (Å²) < 4.78 is 8.11. The van der Waals surface area contributed by atoms with Crippen LogP contribution in [-0.4, -0.2) is 9.78 Å². The first kappa shape index (κ1) is 24.4. The van der Waals surface area contributed by atoms with Crippen molar-refractivity contribution in [3.05, 3.63) is 156 Å². The first-order valence-electron chi connectivity index (χ1n) is 13.3. The van der Waals surface area contributed by atoms with Crippen molar-refractivity contribution in [2.24, 2.45) is 0 Å². The van der Waals surface area contributed by atoms with Crippen LogP contribution in [0.25, 0.3) is 27.9 Å². The van der Waals surface area contributed by atoms with Gasteiger partial charge in [-0.05, 0) is 84.5 Å². The minimum atomic E-state index is 0.812. The van der Waals surface area contributed by atoms with Gasteiger partial charge in [-0.3, -0.25) is 0 Å². The molecular formula is C36H30N2O. The van der Waals surface area contributed by atoms with E-state index in [1.165, 1.54) is 33.4 Å². The Morgan fingerprint density at radius 2 is 1.15 bits per heavy atom. The molecule has 6 aromatic rings. The van der Waals surface area contributed by atoms with E-state index in [4.69, 9.17) is 9.84 Å². The van der Waals surface area contributed by atoms with Gasteiger partial charge >= 0.3 is 0 Å². The monoisotopic (exact) mass is 506 g/mol. The van der Waals surface area contributed by atoms with Crippen LogP contribution in [0.2, 0.25) is 0 Å². The van der Waals surface area contributed by atoms with E-state index < -0.39 is 0 Å². The zero-order chi connectivity index (χ0) is 26.6. The zero-order valence-electron chi connectivity index (χ0n) is 22.2. The molecule has 0 aliphatic heterocycles. The smallest absolute Gasteiger partial charge is 0.127 e. The van der Waals surface area contributed by atoms with Crippen molar-refractivity contribution in [1.82, 2.24) is 9.78 Å². The molecule has 0 aliphatic rings. The SMILES string of the molecule is Cc1nn(-c2cccc(Cc3cccc(Oc4ccccc4)c3)c2)c(C)c1-c1ccc(-c2ccccc2)cc1. The highest BCUT2D eigenvalue weighted by Gasteiger charge is 2.15. The average Bonchev–Trinajstić information content (AvgIpc) is 3.28. The number of aromatic nitrogens is 2. The summed E-state index contributed by atoms with van der Waals surface area (Å²) in [5.74, 6) is 1.68.